The third kappa shape index (κ3) is 4.14. The van der Waals surface area contributed by atoms with E-state index < -0.39 is 54.1 Å². The number of phenols is 1. The van der Waals surface area contributed by atoms with Gasteiger partial charge >= 0.3 is 0 Å². The molecule has 3 N–H and O–H groups in total. The molecule has 3 fully saturated rings. The quantitative estimate of drug-likeness (QED) is 0.610. The number of aromatic hydroxyl groups is 1. The Hall–Kier alpha value is -2.24. The van der Waals surface area contributed by atoms with Crippen LogP contribution < -0.4 is 10.6 Å². The molecule has 10 nitrogen and oxygen atoms in total. The van der Waals surface area contributed by atoms with Gasteiger partial charge < -0.3 is 39.4 Å². The molecule has 2 amide bonds. The number of carbonyl (C=O) groups excluding carboxylic acids is 2. The van der Waals surface area contributed by atoms with Crippen LogP contribution in [0.3, 0.4) is 0 Å². The number of benzene rings is 1. The molecule has 1 aromatic carbocycles. The summed E-state index contributed by atoms with van der Waals surface area (Å²) in [6.45, 7) is 6.68. The highest BCUT2D eigenvalue weighted by Gasteiger charge is 2.62. The maximum atomic E-state index is 12.8. The van der Waals surface area contributed by atoms with Crippen LogP contribution in [0.4, 0.5) is 5.69 Å². The summed E-state index contributed by atoms with van der Waals surface area (Å²) in [5.41, 5.74) is 0.251. The average Bonchev–Trinajstić information content (AvgIpc) is 3.14. The topological polar surface area (TPSA) is 125 Å². The standard InChI is InChI=1S/C20H26N2O8/c1-19(2)27-13-14(28-19)16-18(30-20(3,4)29-16)26-15(13)17(25)21-9-12(24)22-10-7-5-6-8-11(10)23/h5-8,13-16,18,23H,9H2,1-4H3,(H,21,25)(H,22,24)/t13-,14-,15+,16+,18-/m0/s1. The van der Waals surface area contributed by atoms with Gasteiger partial charge in [0.15, 0.2) is 24.0 Å². The second-order valence-electron chi connectivity index (χ2n) is 8.37. The summed E-state index contributed by atoms with van der Waals surface area (Å²) in [5.74, 6) is -2.92. The fourth-order valence-corrected chi connectivity index (χ4v) is 3.87. The number of fused-ring (bicyclic) bond motifs is 3. The minimum atomic E-state index is -1.05. The molecule has 0 radical (unpaired) electrons. The Balaban J connectivity index is 1.41. The molecule has 10 heteroatoms. The third-order valence-corrected chi connectivity index (χ3v) is 5.01. The Kier molecular flexibility index (Phi) is 5.23. The zero-order valence-electron chi connectivity index (χ0n) is 17.2. The number of ether oxygens (including phenoxy) is 5. The molecule has 3 aliphatic rings. The van der Waals surface area contributed by atoms with Crippen molar-refractivity contribution in [3.63, 3.8) is 0 Å². The van der Waals surface area contributed by atoms with E-state index in [0.717, 1.165) is 0 Å². The van der Waals surface area contributed by atoms with Crippen LogP contribution in [-0.2, 0) is 33.3 Å². The predicted octanol–water partition coefficient (Wildman–Crippen LogP) is 0.843. The number of phenolic OH excluding ortho intramolecular Hbond substituents is 1. The van der Waals surface area contributed by atoms with Gasteiger partial charge in [-0.05, 0) is 39.8 Å². The Morgan fingerprint density at radius 1 is 0.967 bits per heavy atom. The zero-order valence-corrected chi connectivity index (χ0v) is 17.2. The van der Waals surface area contributed by atoms with Crippen molar-refractivity contribution >= 4 is 17.5 Å². The first-order valence-corrected chi connectivity index (χ1v) is 9.77. The molecule has 164 valence electrons. The Morgan fingerprint density at radius 3 is 2.33 bits per heavy atom. The molecular formula is C20H26N2O8. The van der Waals surface area contributed by atoms with E-state index in [1.165, 1.54) is 6.07 Å². The first kappa shape index (κ1) is 21.0. The number of rotatable bonds is 4. The maximum Gasteiger partial charge on any atom is 0.252 e. The van der Waals surface area contributed by atoms with E-state index in [1.807, 2.05) is 0 Å². The van der Waals surface area contributed by atoms with Gasteiger partial charge in [-0.1, -0.05) is 12.1 Å². The summed E-state index contributed by atoms with van der Waals surface area (Å²) < 4.78 is 29.4. The van der Waals surface area contributed by atoms with E-state index >= 15 is 0 Å². The molecular weight excluding hydrogens is 396 g/mol. The van der Waals surface area contributed by atoms with Crippen LogP contribution in [0.25, 0.3) is 0 Å². The number of para-hydroxylation sites is 2. The van der Waals surface area contributed by atoms with E-state index in [0.29, 0.717) is 0 Å². The highest BCUT2D eigenvalue weighted by Crippen LogP contribution is 2.44. The van der Waals surface area contributed by atoms with Gasteiger partial charge in [0.05, 0.1) is 12.2 Å². The second-order valence-corrected chi connectivity index (χ2v) is 8.37. The molecule has 3 saturated heterocycles. The van der Waals surface area contributed by atoms with Gasteiger partial charge in [0.1, 0.15) is 24.1 Å². The summed E-state index contributed by atoms with van der Waals surface area (Å²) in [7, 11) is 0. The molecule has 4 rings (SSSR count). The summed E-state index contributed by atoms with van der Waals surface area (Å²) in [5, 5.41) is 14.8. The second kappa shape index (κ2) is 7.47. The smallest absolute Gasteiger partial charge is 0.252 e. The van der Waals surface area contributed by atoms with Crippen molar-refractivity contribution in [3.8, 4) is 5.75 Å². The SMILES string of the molecule is CC1(C)O[C@@H]2O[C@@H](C(=O)NCC(=O)Nc3ccccc3O)[C@H]3OC(C)(C)O[C@@H]3[C@H]2O1. The summed E-state index contributed by atoms with van der Waals surface area (Å²) in [6.07, 6.45) is -3.68. The first-order chi connectivity index (χ1) is 14.0. The van der Waals surface area contributed by atoms with Crippen LogP contribution in [0.15, 0.2) is 24.3 Å². The number of amides is 2. The minimum absolute atomic E-state index is 0.0681. The van der Waals surface area contributed by atoms with Gasteiger partial charge in [-0.15, -0.1) is 0 Å². The minimum Gasteiger partial charge on any atom is -0.506 e. The van der Waals surface area contributed by atoms with Crippen molar-refractivity contribution in [3.05, 3.63) is 24.3 Å². The van der Waals surface area contributed by atoms with E-state index in [-0.39, 0.29) is 18.0 Å². The lowest BCUT2D eigenvalue weighted by Crippen LogP contribution is -2.59. The van der Waals surface area contributed by atoms with Crippen LogP contribution in [0.5, 0.6) is 5.75 Å². The Bertz CT molecular complexity index is 842. The summed E-state index contributed by atoms with van der Waals surface area (Å²) in [6, 6.07) is 6.31. The summed E-state index contributed by atoms with van der Waals surface area (Å²) >= 11 is 0. The van der Waals surface area contributed by atoms with Gasteiger partial charge in [-0.25, -0.2) is 0 Å². The third-order valence-electron chi connectivity index (χ3n) is 5.01. The largest absolute Gasteiger partial charge is 0.506 e. The van der Waals surface area contributed by atoms with Crippen LogP contribution in [0.2, 0.25) is 0 Å². The molecule has 3 aliphatic heterocycles. The molecule has 5 atom stereocenters. The lowest BCUT2D eigenvalue weighted by Gasteiger charge is -2.36. The molecule has 0 spiro atoms. The molecule has 3 heterocycles. The van der Waals surface area contributed by atoms with Crippen LogP contribution in [0, 0.1) is 0 Å². The van der Waals surface area contributed by atoms with E-state index in [4.69, 9.17) is 23.7 Å². The first-order valence-electron chi connectivity index (χ1n) is 9.77. The number of carbonyl (C=O) groups is 2. The fraction of sp³-hybridized carbons (Fsp3) is 0.600. The lowest BCUT2D eigenvalue weighted by atomic mass is 9.98. The maximum absolute atomic E-state index is 12.8. The van der Waals surface area contributed by atoms with Crippen LogP contribution in [0.1, 0.15) is 27.7 Å². The van der Waals surface area contributed by atoms with Crippen LogP contribution in [-0.4, -0.2) is 65.7 Å². The monoisotopic (exact) mass is 422 g/mol. The van der Waals surface area contributed by atoms with Crippen molar-refractivity contribution in [1.29, 1.82) is 0 Å². The van der Waals surface area contributed by atoms with E-state index in [2.05, 4.69) is 10.6 Å². The molecule has 30 heavy (non-hydrogen) atoms. The number of nitrogens with one attached hydrogen (secondary N) is 2. The van der Waals surface area contributed by atoms with Gasteiger partial charge in [-0.3, -0.25) is 9.59 Å². The van der Waals surface area contributed by atoms with E-state index in [1.54, 1.807) is 45.9 Å². The number of hydrogen-bond acceptors (Lipinski definition) is 8. The van der Waals surface area contributed by atoms with Crippen LogP contribution >= 0.6 is 0 Å². The van der Waals surface area contributed by atoms with E-state index in [9.17, 15) is 14.7 Å². The molecule has 0 saturated carbocycles. The normalized spacial score (nSPS) is 33.4. The highest BCUT2D eigenvalue weighted by molar-refractivity contribution is 5.96. The number of anilines is 1. The Morgan fingerprint density at radius 2 is 1.60 bits per heavy atom. The van der Waals surface area contributed by atoms with Crippen molar-refractivity contribution in [2.75, 3.05) is 11.9 Å². The predicted molar refractivity (Wildman–Crippen MR) is 102 cm³/mol. The molecule has 1 aromatic rings. The Labute approximate surface area is 173 Å². The molecule has 0 bridgehead atoms. The van der Waals surface area contributed by atoms with Crippen molar-refractivity contribution in [2.24, 2.45) is 0 Å². The molecule has 0 unspecified atom stereocenters. The van der Waals surface area contributed by atoms with Gasteiger partial charge in [0.25, 0.3) is 5.91 Å². The summed E-state index contributed by atoms with van der Waals surface area (Å²) in [4.78, 5) is 25.0. The van der Waals surface area contributed by atoms with Crippen molar-refractivity contribution in [1.82, 2.24) is 5.32 Å². The van der Waals surface area contributed by atoms with Crippen molar-refractivity contribution in [2.45, 2.75) is 70.0 Å². The highest BCUT2D eigenvalue weighted by atomic mass is 16.9. The van der Waals surface area contributed by atoms with Gasteiger partial charge in [0.2, 0.25) is 5.91 Å². The number of hydrogen-bond donors (Lipinski definition) is 3. The lowest BCUT2D eigenvalue weighted by molar-refractivity contribution is -0.231. The fourth-order valence-electron chi connectivity index (χ4n) is 3.87. The van der Waals surface area contributed by atoms with Crippen molar-refractivity contribution < 1.29 is 38.4 Å². The average molecular weight is 422 g/mol. The molecule has 0 aliphatic carbocycles. The zero-order chi connectivity index (χ0) is 21.7. The van der Waals surface area contributed by atoms with Gasteiger partial charge in [-0.2, -0.15) is 0 Å². The molecule has 0 aromatic heterocycles. The van der Waals surface area contributed by atoms with Gasteiger partial charge in [0, 0.05) is 0 Å².